The number of likely N-dealkylation sites (tertiary alicyclic amines) is 1. The van der Waals surface area contributed by atoms with Crippen LogP contribution in [-0.4, -0.2) is 99.6 Å². The fourth-order valence-electron chi connectivity index (χ4n) is 6.66. The number of aliphatic hydroxyl groups excluding tert-OH is 1. The third-order valence-corrected chi connectivity index (χ3v) is 9.56. The number of rotatable bonds is 17. The summed E-state index contributed by atoms with van der Waals surface area (Å²) in [7, 11) is 0. The lowest BCUT2D eigenvalue weighted by Gasteiger charge is -2.40. The SMILES string of the molecule is C=CCCC(=O)NC[C@@H](C)OC(=O)[C@H]1[C@@H]2O[C@@]3(CC2Br)[C@@H]1C(=O)N([C@@H](CO)C(C)C)[C@@H]3C(=O)N(CC=C)CCCCC. The van der Waals surface area contributed by atoms with Crippen LogP contribution in [0.1, 0.15) is 66.2 Å². The molecule has 11 heteroatoms. The van der Waals surface area contributed by atoms with Gasteiger partial charge in [0.1, 0.15) is 17.7 Å². The van der Waals surface area contributed by atoms with Crippen molar-refractivity contribution in [2.24, 2.45) is 17.8 Å². The minimum Gasteiger partial charge on any atom is -0.460 e. The molecule has 0 saturated carbocycles. The summed E-state index contributed by atoms with van der Waals surface area (Å²) in [5, 5.41) is 13.2. The number of hydrogen-bond acceptors (Lipinski definition) is 7. The van der Waals surface area contributed by atoms with Crippen LogP contribution in [0.5, 0.6) is 0 Å². The number of carbonyl (C=O) groups excluding carboxylic acids is 4. The number of nitrogens with zero attached hydrogens (tertiary/aromatic N) is 2. The molecule has 3 heterocycles. The van der Waals surface area contributed by atoms with E-state index in [1.54, 1.807) is 24.0 Å². The van der Waals surface area contributed by atoms with Crippen LogP contribution >= 0.6 is 15.9 Å². The van der Waals surface area contributed by atoms with Crippen LogP contribution in [0.3, 0.4) is 0 Å². The summed E-state index contributed by atoms with van der Waals surface area (Å²) >= 11 is 3.68. The molecular formula is C31H48BrN3O7. The Bertz CT molecular complexity index is 1020. The van der Waals surface area contributed by atoms with Crippen LogP contribution in [-0.2, 0) is 28.7 Å². The Morgan fingerprint density at radius 2 is 1.98 bits per heavy atom. The number of halogens is 1. The number of allylic oxidation sites excluding steroid dienone is 1. The second kappa shape index (κ2) is 15.0. The van der Waals surface area contributed by atoms with E-state index >= 15 is 0 Å². The summed E-state index contributed by atoms with van der Waals surface area (Å²) in [5.74, 6) is -3.41. The maximum Gasteiger partial charge on any atom is 0.312 e. The Morgan fingerprint density at radius 3 is 2.57 bits per heavy atom. The first-order valence-corrected chi connectivity index (χ1v) is 16.1. The lowest BCUT2D eigenvalue weighted by atomic mass is 9.70. The average Bonchev–Trinajstić information content (AvgIpc) is 3.54. The van der Waals surface area contributed by atoms with Gasteiger partial charge in [-0.1, -0.05) is 61.7 Å². The molecule has 3 saturated heterocycles. The Hall–Kier alpha value is -2.24. The van der Waals surface area contributed by atoms with E-state index in [0.717, 1.165) is 19.3 Å². The smallest absolute Gasteiger partial charge is 0.312 e. The zero-order valence-corrected chi connectivity index (χ0v) is 27.0. The number of nitrogens with one attached hydrogen (secondary N) is 1. The molecule has 0 aromatic heterocycles. The fourth-order valence-corrected chi connectivity index (χ4v) is 7.61. The van der Waals surface area contributed by atoms with Crippen LogP contribution in [0.25, 0.3) is 0 Å². The van der Waals surface area contributed by atoms with E-state index < -0.39 is 47.7 Å². The summed E-state index contributed by atoms with van der Waals surface area (Å²) in [5.41, 5.74) is -1.24. The standard InChI is InChI=1S/C31H48BrN3O7/c1-7-10-12-15-34(14-9-3)29(39)27-31-16-21(32)26(42-31)24(25(31)28(38)35(27)22(18-36)19(4)5)30(40)41-20(6)17-33-23(37)13-11-8-2/h8-9,19-22,24-27,36H,2-3,7,10-18H2,1,4-6H3,(H,33,37)/t20-,21?,22+,24-,25+,26-,27-,31+/m1/s1. The van der Waals surface area contributed by atoms with E-state index in [2.05, 4.69) is 41.3 Å². The molecule has 0 radical (unpaired) electrons. The van der Waals surface area contributed by atoms with Crippen molar-refractivity contribution in [3.05, 3.63) is 25.3 Å². The zero-order valence-electron chi connectivity index (χ0n) is 25.4. The molecule has 0 aromatic carbocycles. The summed E-state index contributed by atoms with van der Waals surface area (Å²) in [6.07, 6.45) is 6.00. The quantitative estimate of drug-likeness (QED) is 0.107. The molecule has 10 nitrogen and oxygen atoms in total. The topological polar surface area (TPSA) is 125 Å². The Balaban J connectivity index is 1.93. The highest BCUT2D eigenvalue weighted by molar-refractivity contribution is 9.09. The highest BCUT2D eigenvalue weighted by atomic mass is 79.9. The number of aliphatic hydroxyl groups is 1. The molecule has 3 aliphatic rings. The van der Waals surface area contributed by atoms with Crippen molar-refractivity contribution in [2.45, 2.75) is 101 Å². The van der Waals surface area contributed by atoms with Crippen molar-refractivity contribution in [3.8, 4) is 0 Å². The molecule has 8 atom stereocenters. The second-order valence-corrected chi connectivity index (χ2v) is 13.2. The molecule has 3 aliphatic heterocycles. The van der Waals surface area contributed by atoms with Crippen LogP contribution in [0.4, 0.5) is 0 Å². The largest absolute Gasteiger partial charge is 0.460 e. The molecule has 3 amide bonds. The number of amides is 3. The summed E-state index contributed by atoms with van der Waals surface area (Å²) < 4.78 is 12.3. The van der Waals surface area contributed by atoms with Crippen molar-refractivity contribution in [1.82, 2.24) is 15.1 Å². The predicted octanol–water partition coefficient (Wildman–Crippen LogP) is 2.97. The van der Waals surface area contributed by atoms with Gasteiger partial charge in [0.25, 0.3) is 0 Å². The van der Waals surface area contributed by atoms with E-state index in [1.165, 1.54) is 4.90 Å². The Morgan fingerprint density at radius 1 is 1.26 bits per heavy atom. The molecule has 0 aromatic rings. The van der Waals surface area contributed by atoms with Crippen molar-refractivity contribution in [1.29, 1.82) is 0 Å². The second-order valence-electron chi connectivity index (χ2n) is 12.1. The number of unbranched alkanes of at least 4 members (excludes halogenated alkanes) is 2. The van der Waals surface area contributed by atoms with Crippen LogP contribution in [0.15, 0.2) is 25.3 Å². The molecule has 236 valence electrons. The Kier molecular flexibility index (Phi) is 12.2. The molecule has 3 fully saturated rings. The summed E-state index contributed by atoms with van der Waals surface area (Å²) in [6.45, 7) is 15.6. The minimum atomic E-state index is -1.24. The molecule has 3 rings (SSSR count). The molecule has 0 aliphatic carbocycles. The highest BCUT2D eigenvalue weighted by Crippen LogP contribution is 2.61. The molecule has 2 N–H and O–H groups in total. The maximum atomic E-state index is 14.4. The Labute approximate surface area is 258 Å². The number of fused-ring (bicyclic) bond motifs is 1. The van der Waals surface area contributed by atoms with Crippen LogP contribution in [0.2, 0.25) is 0 Å². The fraction of sp³-hybridized carbons (Fsp3) is 0.742. The summed E-state index contributed by atoms with van der Waals surface area (Å²) in [6, 6.07) is -1.63. The van der Waals surface area contributed by atoms with Crippen molar-refractivity contribution in [3.63, 3.8) is 0 Å². The van der Waals surface area contributed by atoms with Crippen molar-refractivity contribution < 1.29 is 33.8 Å². The molecule has 42 heavy (non-hydrogen) atoms. The summed E-state index contributed by atoms with van der Waals surface area (Å²) in [4.78, 5) is 57.3. The van der Waals surface area contributed by atoms with Gasteiger partial charge in [0, 0.05) is 24.3 Å². The third kappa shape index (κ3) is 6.78. The monoisotopic (exact) mass is 653 g/mol. The van der Waals surface area contributed by atoms with Crippen LogP contribution < -0.4 is 5.32 Å². The average molecular weight is 655 g/mol. The normalized spacial score (nSPS) is 29.3. The first kappa shape index (κ1) is 34.3. The first-order valence-electron chi connectivity index (χ1n) is 15.2. The van der Waals surface area contributed by atoms with E-state index in [1.807, 2.05) is 13.8 Å². The van der Waals surface area contributed by atoms with E-state index in [0.29, 0.717) is 32.4 Å². The van der Waals surface area contributed by atoms with Gasteiger partial charge in [0.15, 0.2) is 0 Å². The lowest BCUT2D eigenvalue weighted by Crippen LogP contribution is -2.60. The van der Waals surface area contributed by atoms with Gasteiger partial charge < -0.3 is 29.7 Å². The van der Waals surface area contributed by atoms with Crippen molar-refractivity contribution >= 4 is 39.6 Å². The molecule has 2 bridgehead atoms. The number of esters is 1. The van der Waals surface area contributed by atoms with Gasteiger partial charge in [-0.05, 0) is 32.1 Å². The van der Waals surface area contributed by atoms with Gasteiger partial charge in [0.2, 0.25) is 17.7 Å². The number of carbonyl (C=O) groups is 4. The highest BCUT2D eigenvalue weighted by Gasteiger charge is 2.77. The van der Waals surface area contributed by atoms with Gasteiger partial charge in [-0.25, -0.2) is 0 Å². The number of ether oxygens (including phenoxy) is 2. The number of hydrogen-bond donors (Lipinski definition) is 2. The van der Waals surface area contributed by atoms with E-state index in [4.69, 9.17) is 9.47 Å². The molecular weight excluding hydrogens is 606 g/mol. The van der Waals surface area contributed by atoms with Crippen LogP contribution in [0, 0.1) is 17.8 Å². The minimum absolute atomic E-state index is 0.128. The zero-order chi connectivity index (χ0) is 31.2. The third-order valence-electron chi connectivity index (χ3n) is 8.72. The molecule has 1 spiro atoms. The first-order chi connectivity index (χ1) is 20.0. The van der Waals surface area contributed by atoms with E-state index in [9.17, 15) is 24.3 Å². The molecule has 1 unspecified atom stereocenters. The van der Waals surface area contributed by atoms with Gasteiger partial charge in [-0.3, -0.25) is 19.2 Å². The van der Waals surface area contributed by atoms with Gasteiger partial charge in [0.05, 0.1) is 37.1 Å². The predicted molar refractivity (Wildman–Crippen MR) is 163 cm³/mol. The van der Waals surface area contributed by atoms with Gasteiger partial charge in [-0.2, -0.15) is 0 Å². The van der Waals surface area contributed by atoms with Gasteiger partial charge in [-0.15, -0.1) is 13.2 Å². The van der Waals surface area contributed by atoms with Crippen molar-refractivity contribution in [2.75, 3.05) is 26.2 Å². The lowest BCUT2D eigenvalue weighted by molar-refractivity contribution is -0.160. The van der Waals surface area contributed by atoms with E-state index in [-0.39, 0.29) is 41.6 Å². The maximum absolute atomic E-state index is 14.4. The number of alkyl halides is 1. The van der Waals surface area contributed by atoms with Gasteiger partial charge >= 0.3 is 5.97 Å².